The van der Waals surface area contributed by atoms with Crippen molar-refractivity contribution in [1.29, 1.82) is 0 Å². The molecule has 0 aromatic carbocycles. The first-order chi connectivity index (χ1) is 8.16. The van der Waals surface area contributed by atoms with Crippen LogP contribution >= 0.6 is 11.5 Å². The van der Waals surface area contributed by atoms with E-state index in [2.05, 4.69) is 23.1 Å². The maximum atomic E-state index is 6.04. The average molecular weight is 251 g/mol. The Kier molecular flexibility index (Phi) is 2.77. The number of hydrogen-bond donors (Lipinski definition) is 1. The van der Waals surface area contributed by atoms with Crippen LogP contribution in [0.1, 0.15) is 51.0 Å². The summed E-state index contributed by atoms with van der Waals surface area (Å²) in [4.78, 5) is 2.55. The highest BCUT2D eigenvalue weighted by atomic mass is 32.1. The zero-order valence-corrected chi connectivity index (χ0v) is 11.5. The Bertz CT molecular complexity index is 411. The predicted molar refractivity (Wildman–Crippen MR) is 73.7 cm³/mol. The fourth-order valence-corrected chi connectivity index (χ4v) is 3.85. The van der Waals surface area contributed by atoms with Crippen LogP contribution < -0.4 is 10.6 Å². The number of nitrogens with zero attached hydrogens (tertiary/aromatic N) is 2. The third-order valence-electron chi connectivity index (χ3n) is 4.10. The number of aromatic nitrogens is 1. The Morgan fingerprint density at radius 1 is 1.24 bits per heavy atom. The van der Waals surface area contributed by atoms with E-state index < -0.39 is 0 Å². The summed E-state index contributed by atoms with van der Waals surface area (Å²) in [6, 6.07) is 0.642. The third kappa shape index (κ3) is 2.03. The van der Waals surface area contributed by atoms with Crippen molar-refractivity contribution in [3.8, 4) is 0 Å². The van der Waals surface area contributed by atoms with Crippen LogP contribution in [0.4, 0.5) is 10.8 Å². The molecule has 1 aliphatic carbocycles. The van der Waals surface area contributed by atoms with Crippen molar-refractivity contribution in [2.75, 3.05) is 17.2 Å². The molecule has 4 heteroatoms. The summed E-state index contributed by atoms with van der Waals surface area (Å²) < 4.78 is 4.39. The first-order valence-corrected chi connectivity index (χ1v) is 7.46. The first kappa shape index (κ1) is 11.3. The summed E-state index contributed by atoms with van der Waals surface area (Å²) in [7, 11) is 0. The van der Waals surface area contributed by atoms with Crippen LogP contribution in [0.3, 0.4) is 0 Å². The van der Waals surface area contributed by atoms with Gasteiger partial charge in [-0.3, -0.25) is 0 Å². The fraction of sp³-hybridized carbons (Fsp3) is 0.769. The Hall–Kier alpha value is -0.770. The third-order valence-corrected chi connectivity index (χ3v) is 5.02. The van der Waals surface area contributed by atoms with Crippen molar-refractivity contribution in [3.63, 3.8) is 0 Å². The van der Waals surface area contributed by atoms with Gasteiger partial charge in [-0.25, -0.2) is 0 Å². The number of anilines is 2. The SMILES string of the molecule is CC1CCC(C)N(c2snc(N)c2C2CC2)C1. The van der Waals surface area contributed by atoms with Crippen LogP contribution in [0.5, 0.6) is 0 Å². The molecule has 1 aliphatic heterocycles. The number of hydrogen-bond acceptors (Lipinski definition) is 4. The minimum absolute atomic E-state index is 0.642. The largest absolute Gasteiger partial charge is 0.383 e. The van der Waals surface area contributed by atoms with E-state index in [-0.39, 0.29) is 0 Å². The van der Waals surface area contributed by atoms with Crippen LogP contribution in [0.2, 0.25) is 0 Å². The second kappa shape index (κ2) is 4.16. The van der Waals surface area contributed by atoms with E-state index in [9.17, 15) is 0 Å². The Morgan fingerprint density at radius 3 is 2.71 bits per heavy atom. The molecule has 0 amide bonds. The van der Waals surface area contributed by atoms with Crippen LogP contribution in [0.15, 0.2) is 0 Å². The minimum Gasteiger partial charge on any atom is -0.383 e. The molecule has 0 bridgehead atoms. The van der Waals surface area contributed by atoms with Crippen LogP contribution in [0.25, 0.3) is 0 Å². The normalized spacial score (nSPS) is 29.6. The van der Waals surface area contributed by atoms with Crippen molar-refractivity contribution in [1.82, 2.24) is 4.37 Å². The van der Waals surface area contributed by atoms with Crippen molar-refractivity contribution in [2.45, 2.75) is 51.5 Å². The van der Waals surface area contributed by atoms with Gasteiger partial charge >= 0.3 is 0 Å². The maximum absolute atomic E-state index is 6.04. The molecule has 0 radical (unpaired) electrons. The van der Waals surface area contributed by atoms with Crippen molar-refractivity contribution >= 4 is 22.4 Å². The molecule has 17 heavy (non-hydrogen) atoms. The van der Waals surface area contributed by atoms with Crippen molar-refractivity contribution < 1.29 is 0 Å². The second-order valence-electron chi connectivity index (χ2n) is 5.74. The predicted octanol–water partition coefficient (Wildman–Crippen LogP) is 3.23. The zero-order valence-electron chi connectivity index (χ0n) is 10.6. The van der Waals surface area contributed by atoms with E-state index in [0.717, 1.165) is 11.7 Å². The highest BCUT2D eigenvalue weighted by Crippen LogP contribution is 2.49. The van der Waals surface area contributed by atoms with Gasteiger partial charge in [-0.05, 0) is 56.0 Å². The lowest BCUT2D eigenvalue weighted by atomic mass is 9.95. The molecule has 1 saturated carbocycles. The molecule has 1 aromatic heterocycles. The molecule has 2 unspecified atom stereocenters. The van der Waals surface area contributed by atoms with Gasteiger partial charge < -0.3 is 10.6 Å². The van der Waals surface area contributed by atoms with Gasteiger partial charge in [-0.15, -0.1) is 0 Å². The van der Waals surface area contributed by atoms with Gasteiger partial charge in [-0.1, -0.05) is 6.92 Å². The zero-order chi connectivity index (χ0) is 12.0. The summed E-state index contributed by atoms with van der Waals surface area (Å²) >= 11 is 1.61. The Morgan fingerprint density at radius 2 is 2.00 bits per heavy atom. The van der Waals surface area contributed by atoms with Crippen LogP contribution in [0, 0.1) is 5.92 Å². The summed E-state index contributed by atoms with van der Waals surface area (Å²) in [6.45, 7) is 5.85. The average Bonchev–Trinajstić information content (AvgIpc) is 3.06. The van der Waals surface area contributed by atoms with Gasteiger partial charge in [0.2, 0.25) is 0 Å². The molecule has 1 aromatic rings. The smallest absolute Gasteiger partial charge is 0.142 e. The van der Waals surface area contributed by atoms with Gasteiger partial charge in [0, 0.05) is 18.2 Å². The highest BCUT2D eigenvalue weighted by molar-refractivity contribution is 7.10. The van der Waals surface area contributed by atoms with E-state index in [1.54, 1.807) is 11.5 Å². The van der Waals surface area contributed by atoms with Crippen molar-refractivity contribution in [3.05, 3.63) is 5.56 Å². The highest BCUT2D eigenvalue weighted by Gasteiger charge is 2.34. The Balaban J connectivity index is 1.91. The first-order valence-electron chi connectivity index (χ1n) is 6.68. The summed E-state index contributed by atoms with van der Waals surface area (Å²) in [5.41, 5.74) is 7.40. The summed E-state index contributed by atoms with van der Waals surface area (Å²) in [5, 5.41) is 1.36. The Labute approximate surface area is 107 Å². The molecular formula is C13H21N3S. The van der Waals surface area contributed by atoms with E-state index in [4.69, 9.17) is 5.73 Å². The quantitative estimate of drug-likeness (QED) is 0.877. The number of rotatable bonds is 2. The molecule has 2 N–H and O–H groups in total. The lowest BCUT2D eigenvalue weighted by Gasteiger charge is -2.38. The van der Waals surface area contributed by atoms with E-state index in [0.29, 0.717) is 12.0 Å². The molecule has 2 atom stereocenters. The lowest BCUT2D eigenvalue weighted by molar-refractivity contribution is 0.391. The molecular weight excluding hydrogens is 230 g/mol. The lowest BCUT2D eigenvalue weighted by Crippen LogP contribution is -2.41. The van der Waals surface area contributed by atoms with Gasteiger partial charge in [0.25, 0.3) is 0 Å². The molecule has 94 valence electrons. The second-order valence-corrected chi connectivity index (χ2v) is 6.50. The molecule has 0 spiro atoms. The number of piperidine rings is 1. The van der Waals surface area contributed by atoms with E-state index >= 15 is 0 Å². The van der Waals surface area contributed by atoms with Crippen molar-refractivity contribution in [2.24, 2.45) is 5.92 Å². The summed E-state index contributed by atoms with van der Waals surface area (Å²) in [6.07, 6.45) is 5.24. The topological polar surface area (TPSA) is 42.2 Å². The van der Waals surface area contributed by atoms with Crippen LogP contribution in [-0.4, -0.2) is 17.0 Å². The summed E-state index contributed by atoms with van der Waals surface area (Å²) in [5.74, 6) is 2.28. The van der Waals surface area contributed by atoms with Crippen LogP contribution in [-0.2, 0) is 0 Å². The van der Waals surface area contributed by atoms with E-state index in [1.807, 2.05) is 0 Å². The number of nitrogen functional groups attached to an aromatic ring is 1. The number of nitrogens with two attached hydrogens (primary N) is 1. The molecule has 3 nitrogen and oxygen atoms in total. The monoisotopic (exact) mass is 251 g/mol. The van der Waals surface area contributed by atoms with Gasteiger partial charge in [0.05, 0.1) is 0 Å². The molecule has 1 saturated heterocycles. The fourth-order valence-electron chi connectivity index (χ4n) is 2.83. The molecule has 2 heterocycles. The standard InChI is InChI=1S/C13H21N3S/c1-8-3-4-9(2)16(7-8)13-11(10-5-6-10)12(14)15-17-13/h8-10H,3-7H2,1-2H3,(H2,14,15). The maximum Gasteiger partial charge on any atom is 0.142 e. The van der Waals surface area contributed by atoms with Gasteiger partial charge in [0.1, 0.15) is 10.8 Å². The van der Waals surface area contributed by atoms with Gasteiger partial charge in [0.15, 0.2) is 0 Å². The molecule has 2 aliphatic rings. The van der Waals surface area contributed by atoms with E-state index in [1.165, 1.54) is 42.8 Å². The molecule has 2 fully saturated rings. The minimum atomic E-state index is 0.642. The molecule has 3 rings (SSSR count). The van der Waals surface area contributed by atoms with Gasteiger partial charge in [-0.2, -0.15) is 4.37 Å².